The predicted molar refractivity (Wildman–Crippen MR) is 68.9 cm³/mol. The standard InChI is InChI=1S/C12H15ClF3N3O/c1-19(7-8-2-4-20-5-3-8)10-6-9(13)17-11(18-10)12(14,15)16/h6,8H,2-5,7H2,1H3. The molecule has 1 fully saturated rings. The summed E-state index contributed by atoms with van der Waals surface area (Å²) in [4.78, 5) is 8.44. The van der Waals surface area contributed by atoms with Gasteiger partial charge in [0.2, 0.25) is 5.82 Å². The first-order chi connectivity index (χ1) is 9.36. The molecular weight excluding hydrogens is 295 g/mol. The lowest BCUT2D eigenvalue weighted by molar-refractivity contribution is -0.144. The second-order valence-corrected chi connectivity index (χ2v) is 5.19. The van der Waals surface area contributed by atoms with Gasteiger partial charge < -0.3 is 9.64 Å². The van der Waals surface area contributed by atoms with Crippen molar-refractivity contribution in [1.29, 1.82) is 0 Å². The number of aromatic nitrogens is 2. The van der Waals surface area contributed by atoms with Gasteiger partial charge in [-0.3, -0.25) is 0 Å². The predicted octanol–water partition coefficient (Wildman–Crippen LogP) is 3.01. The molecule has 2 heterocycles. The molecule has 0 aliphatic carbocycles. The zero-order chi connectivity index (χ0) is 14.8. The molecule has 8 heteroatoms. The minimum atomic E-state index is -4.60. The van der Waals surface area contributed by atoms with E-state index < -0.39 is 12.0 Å². The SMILES string of the molecule is CN(CC1CCOCC1)c1cc(Cl)nc(C(F)(F)F)n1. The monoisotopic (exact) mass is 309 g/mol. The Morgan fingerprint density at radius 3 is 2.60 bits per heavy atom. The fourth-order valence-electron chi connectivity index (χ4n) is 2.14. The lowest BCUT2D eigenvalue weighted by atomic mass is 10.00. The zero-order valence-corrected chi connectivity index (χ0v) is 11.7. The molecule has 0 bridgehead atoms. The van der Waals surface area contributed by atoms with E-state index in [4.69, 9.17) is 16.3 Å². The van der Waals surface area contributed by atoms with E-state index in [1.165, 1.54) is 6.07 Å². The molecule has 1 aromatic rings. The van der Waals surface area contributed by atoms with E-state index >= 15 is 0 Å². The first kappa shape index (κ1) is 15.3. The van der Waals surface area contributed by atoms with E-state index in [0.29, 0.717) is 25.7 Å². The Balaban J connectivity index is 2.12. The number of alkyl halides is 3. The van der Waals surface area contributed by atoms with Crippen LogP contribution in [0.3, 0.4) is 0 Å². The summed E-state index contributed by atoms with van der Waals surface area (Å²) in [6, 6.07) is 1.34. The average molecular weight is 310 g/mol. The van der Waals surface area contributed by atoms with Gasteiger partial charge in [-0.25, -0.2) is 9.97 Å². The van der Waals surface area contributed by atoms with Crippen LogP contribution in [0.2, 0.25) is 5.15 Å². The molecule has 2 rings (SSSR count). The van der Waals surface area contributed by atoms with Crippen molar-refractivity contribution in [3.05, 3.63) is 17.0 Å². The van der Waals surface area contributed by atoms with Crippen LogP contribution in [0.5, 0.6) is 0 Å². The lowest BCUT2D eigenvalue weighted by Gasteiger charge is -2.28. The Bertz CT molecular complexity index is 464. The van der Waals surface area contributed by atoms with Crippen molar-refractivity contribution in [1.82, 2.24) is 9.97 Å². The highest BCUT2D eigenvalue weighted by atomic mass is 35.5. The lowest BCUT2D eigenvalue weighted by Crippen LogP contribution is -2.30. The van der Waals surface area contributed by atoms with Crippen LogP contribution in [0.25, 0.3) is 0 Å². The molecule has 1 aliphatic rings. The Morgan fingerprint density at radius 1 is 1.35 bits per heavy atom. The van der Waals surface area contributed by atoms with Crippen molar-refractivity contribution in [2.45, 2.75) is 19.0 Å². The van der Waals surface area contributed by atoms with E-state index in [0.717, 1.165) is 12.8 Å². The number of nitrogens with zero attached hydrogens (tertiary/aromatic N) is 3. The van der Waals surface area contributed by atoms with Crippen LogP contribution in [0, 0.1) is 5.92 Å². The van der Waals surface area contributed by atoms with Gasteiger partial charge in [0.1, 0.15) is 11.0 Å². The third kappa shape index (κ3) is 3.96. The largest absolute Gasteiger partial charge is 0.451 e. The topological polar surface area (TPSA) is 38.2 Å². The minimum Gasteiger partial charge on any atom is -0.381 e. The van der Waals surface area contributed by atoms with Gasteiger partial charge in [-0.15, -0.1) is 0 Å². The summed E-state index contributed by atoms with van der Waals surface area (Å²) < 4.78 is 43.2. The average Bonchev–Trinajstić information content (AvgIpc) is 2.38. The number of hydrogen-bond acceptors (Lipinski definition) is 4. The maximum absolute atomic E-state index is 12.7. The molecule has 1 aromatic heterocycles. The van der Waals surface area contributed by atoms with Crippen molar-refractivity contribution in [3.63, 3.8) is 0 Å². The van der Waals surface area contributed by atoms with E-state index in [-0.39, 0.29) is 11.0 Å². The van der Waals surface area contributed by atoms with Crippen LogP contribution >= 0.6 is 11.6 Å². The maximum Gasteiger partial charge on any atom is 0.451 e. The zero-order valence-electron chi connectivity index (χ0n) is 11.0. The fourth-order valence-corrected chi connectivity index (χ4v) is 2.32. The van der Waals surface area contributed by atoms with E-state index in [9.17, 15) is 13.2 Å². The van der Waals surface area contributed by atoms with Crippen LogP contribution in [0.15, 0.2) is 6.07 Å². The quantitative estimate of drug-likeness (QED) is 0.805. The second kappa shape index (κ2) is 6.13. The molecule has 0 amide bonds. The van der Waals surface area contributed by atoms with Gasteiger partial charge in [0.25, 0.3) is 0 Å². The second-order valence-electron chi connectivity index (χ2n) is 4.81. The summed E-state index contributed by atoms with van der Waals surface area (Å²) in [7, 11) is 1.70. The molecule has 1 aliphatic heterocycles. The highest BCUT2D eigenvalue weighted by Gasteiger charge is 2.35. The molecule has 0 unspecified atom stereocenters. The van der Waals surface area contributed by atoms with Crippen LogP contribution < -0.4 is 4.90 Å². The van der Waals surface area contributed by atoms with E-state index in [2.05, 4.69) is 9.97 Å². The van der Waals surface area contributed by atoms with Gasteiger partial charge in [-0.05, 0) is 18.8 Å². The van der Waals surface area contributed by atoms with Crippen LogP contribution in [-0.2, 0) is 10.9 Å². The molecule has 1 saturated heterocycles. The van der Waals surface area contributed by atoms with E-state index in [1.807, 2.05) is 0 Å². The highest BCUT2D eigenvalue weighted by Crippen LogP contribution is 2.29. The van der Waals surface area contributed by atoms with Crippen molar-refractivity contribution in [3.8, 4) is 0 Å². The van der Waals surface area contributed by atoms with Crippen molar-refractivity contribution >= 4 is 17.4 Å². The van der Waals surface area contributed by atoms with Crippen molar-refractivity contribution in [2.75, 3.05) is 31.7 Å². The maximum atomic E-state index is 12.7. The normalized spacial score (nSPS) is 17.2. The molecule has 0 atom stereocenters. The van der Waals surface area contributed by atoms with Gasteiger partial charge in [0, 0.05) is 32.9 Å². The van der Waals surface area contributed by atoms with Crippen LogP contribution in [0.1, 0.15) is 18.7 Å². The molecule has 4 nitrogen and oxygen atoms in total. The summed E-state index contributed by atoms with van der Waals surface area (Å²) in [5.41, 5.74) is 0. The third-order valence-corrected chi connectivity index (χ3v) is 3.39. The molecule has 0 aromatic carbocycles. The Hall–Kier alpha value is -1.08. The smallest absolute Gasteiger partial charge is 0.381 e. The van der Waals surface area contributed by atoms with Crippen LogP contribution in [-0.4, -0.2) is 36.8 Å². The van der Waals surface area contributed by atoms with Gasteiger partial charge in [0.05, 0.1) is 0 Å². The summed E-state index contributed by atoms with van der Waals surface area (Å²) >= 11 is 5.65. The van der Waals surface area contributed by atoms with Gasteiger partial charge >= 0.3 is 6.18 Å². The molecule has 0 saturated carbocycles. The minimum absolute atomic E-state index is 0.184. The Labute approximate surface area is 119 Å². The van der Waals surface area contributed by atoms with Crippen molar-refractivity contribution < 1.29 is 17.9 Å². The third-order valence-electron chi connectivity index (χ3n) is 3.20. The first-order valence-corrected chi connectivity index (χ1v) is 6.64. The number of ether oxygens (including phenoxy) is 1. The van der Waals surface area contributed by atoms with Gasteiger partial charge in [0.15, 0.2) is 0 Å². The summed E-state index contributed by atoms with van der Waals surface area (Å²) in [5.74, 6) is -0.639. The van der Waals surface area contributed by atoms with Gasteiger partial charge in [-0.1, -0.05) is 11.6 Å². The Kier molecular flexibility index (Phi) is 4.70. The summed E-state index contributed by atoms with van der Waals surface area (Å²) in [6.45, 7) is 2.00. The molecule has 112 valence electrons. The van der Waals surface area contributed by atoms with Crippen LogP contribution in [0.4, 0.5) is 19.0 Å². The first-order valence-electron chi connectivity index (χ1n) is 6.27. The molecule has 0 radical (unpaired) electrons. The fraction of sp³-hybridized carbons (Fsp3) is 0.667. The molecule has 0 N–H and O–H groups in total. The molecule has 20 heavy (non-hydrogen) atoms. The summed E-state index contributed by atoms with van der Waals surface area (Å²) in [6.07, 6.45) is -2.80. The van der Waals surface area contributed by atoms with E-state index in [1.54, 1.807) is 11.9 Å². The molecule has 0 spiro atoms. The van der Waals surface area contributed by atoms with Crippen molar-refractivity contribution in [2.24, 2.45) is 5.92 Å². The highest BCUT2D eigenvalue weighted by molar-refractivity contribution is 6.29. The number of halogens is 4. The number of anilines is 1. The summed E-state index contributed by atoms with van der Waals surface area (Å²) in [5, 5.41) is -0.207. The molecular formula is C12H15ClF3N3O. The number of hydrogen-bond donors (Lipinski definition) is 0. The number of rotatable bonds is 3. The van der Waals surface area contributed by atoms with Gasteiger partial charge in [-0.2, -0.15) is 13.2 Å². The Morgan fingerprint density at radius 2 is 2.00 bits per heavy atom.